The van der Waals surface area contributed by atoms with Crippen LogP contribution in [0.1, 0.15) is 14.8 Å². The third-order valence-corrected chi connectivity index (χ3v) is 5.94. The fourth-order valence-corrected chi connectivity index (χ4v) is 4.22. The molecule has 5 nitrogen and oxygen atoms in total. The van der Waals surface area contributed by atoms with Crippen molar-refractivity contribution in [1.82, 2.24) is 15.6 Å². The topological polar surface area (TPSA) is 58.5 Å². The summed E-state index contributed by atoms with van der Waals surface area (Å²) < 4.78 is 5.22. The maximum Gasteiger partial charge on any atom is 0.191 e. The van der Waals surface area contributed by atoms with E-state index < -0.39 is 0 Å². The minimum atomic E-state index is 0.747. The Hall–Kier alpha value is -2.38. The molecule has 0 radical (unpaired) electrons. The number of thiophene rings is 1. The van der Waals surface area contributed by atoms with Crippen LogP contribution < -0.4 is 15.4 Å². The highest BCUT2D eigenvalue weighted by Gasteiger charge is 2.05. The van der Waals surface area contributed by atoms with Gasteiger partial charge in [-0.2, -0.15) is 0 Å². The molecule has 3 aromatic rings. The van der Waals surface area contributed by atoms with Crippen LogP contribution >= 0.6 is 22.7 Å². The van der Waals surface area contributed by atoms with Crippen molar-refractivity contribution >= 4 is 28.6 Å². The predicted octanol–water partition coefficient (Wildman–Crippen LogP) is 4.10. The van der Waals surface area contributed by atoms with Crippen LogP contribution in [0.4, 0.5) is 0 Å². The smallest absolute Gasteiger partial charge is 0.191 e. The molecule has 0 spiro atoms. The lowest BCUT2D eigenvalue weighted by Crippen LogP contribution is -2.37. The van der Waals surface area contributed by atoms with E-state index in [4.69, 9.17) is 4.74 Å². The molecule has 0 fully saturated rings. The zero-order valence-electron chi connectivity index (χ0n) is 15.8. The third kappa shape index (κ3) is 5.55. The van der Waals surface area contributed by atoms with E-state index in [2.05, 4.69) is 51.1 Å². The molecular formula is C20H24N4OS2. The van der Waals surface area contributed by atoms with Gasteiger partial charge in [-0.15, -0.1) is 22.7 Å². The van der Waals surface area contributed by atoms with Gasteiger partial charge in [-0.3, -0.25) is 4.99 Å². The van der Waals surface area contributed by atoms with Crippen LogP contribution in [0, 0.1) is 6.92 Å². The lowest BCUT2D eigenvalue weighted by atomic mass is 10.1. The van der Waals surface area contributed by atoms with Crippen molar-refractivity contribution in [3.05, 3.63) is 56.7 Å². The summed E-state index contributed by atoms with van der Waals surface area (Å²) in [5.74, 6) is 1.68. The maximum atomic E-state index is 5.22. The van der Waals surface area contributed by atoms with E-state index in [1.54, 1.807) is 36.8 Å². The van der Waals surface area contributed by atoms with Crippen LogP contribution in [0.2, 0.25) is 0 Å². The Bertz CT molecular complexity index is 884. The summed E-state index contributed by atoms with van der Waals surface area (Å²) in [6, 6.07) is 10.4. The highest BCUT2D eigenvalue weighted by molar-refractivity contribution is 7.11. The summed E-state index contributed by atoms with van der Waals surface area (Å²) in [6.07, 6.45) is 2.82. The van der Waals surface area contributed by atoms with Crippen LogP contribution in [0.3, 0.4) is 0 Å². The number of hydrogen-bond donors (Lipinski definition) is 2. The number of aromatic nitrogens is 1. The zero-order valence-corrected chi connectivity index (χ0v) is 17.4. The van der Waals surface area contributed by atoms with Gasteiger partial charge in [-0.25, -0.2) is 4.98 Å². The second kappa shape index (κ2) is 9.53. The molecule has 0 aliphatic heterocycles. The molecule has 0 bridgehead atoms. The van der Waals surface area contributed by atoms with Crippen molar-refractivity contribution in [3.63, 3.8) is 0 Å². The number of nitrogens with one attached hydrogen (secondary N) is 2. The molecule has 0 amide bonds. The SMILES string of the molecule is CN=C(NCCc1ncc(C)s1)NCc1cc(-c2ccc(OC)cc2)cs1. The largest absolute Gasteiger partial charge is 0.497 e. The second-order valence-electron chi connectivity index (χ2n) is 6.00. The van der Waals surface area contributed by atoms with E-state index in [-0.39, 0.29) is 0 Å². The van der Waals surface area contributed by atoms with Gasteiger partial charge in [0.05, 0.1) is 18.7 Å². The summed E-state index contributed by atoms with van der Waals surface area (Å²) in [6.45, 7) is 3.64. The van der Waals surface area contributed by atoms with Crippen LogP contribution in [-0.4, -0.2) is 31.6 Å². The van der Waals surface area contributed by atoms with Crippen molar-refractivity contribution in [3.8, 4) is 16.9 Å². The van der Waals surface area contributed by atoms with Gasteiger partial charge in [0.2, 0.25) is 0 Å². The molecule has 3 rings (SSSR count). The fourth-order valence-electron chi connectivity index (χ4n) is 2.60. The number of rotatable bonds is 7. The summed E-state index contributed by atoms with van der Waals surface area (Å²) >= 11 is 3.49. The Morgan fingerprint density at radius 2 is 2.00 bits per heavy atom. The summed E-state index contributed by atoms with van der Waals surface area (Å²) in [7, 11) is 3.47. The van der Waals surface area contributed by atoms with Gasteiger partial charge >= 0.3 is 0 Å². The number of benzene rings is 1. The first kappa shape index (κ1) is 19.4. The first-order chi connectivity index (χ1) is 13.2. The lowest BCUT2D eigenvalue weighted by molar-refractivity contribution is 0.415. The van der Waals surface area contributed by atoms with Crippen LogP contribution in [-0.2, 0) is 13.0 Å². The molecule has 2 N–H and O–H groups in total. The van der Waals surface area contributed by atoms with Gasteiger partial charge in [-0.1, -0.05) is 12.1 Å². The minimum Gasteiger partial charge on any atom is -0.497 e. The molecule has 2 heterocycles. The highest BCUT2D eigenvalue weighted by atomic mass is 32.1. The number of aryl methyl sites for hydroxylation is 1. The average Bonchev–Trinajstić information content (AvgIpc) is 3.33. The van der Waals surface area contributed by atoms with E-state index in [0.717, 1.165) is 36.2 Å². The number of nitrogens with zero attached hydrogens (tertiary/aromatic N) is 2. The van der Waals surface area contributed by atoms with E-state index in [1.807, 2.05) is 18.3 Å². The van der Waals surface area contributed by atoms with Crippen molar-refractivity contribution in [2.45, 2.75) is 19.9 Å². The molecule has 0 atom stereocenters. The van der Waals surface area contributed by atoms with Crippen molar-refractivity contribution in [2.75, 3.05) is 20.7 Å². The molecular weight excluding hydrogens is 376 g/mol. The summed E-state index contributed by atoms with van der Waals surface area (Å²) in [4.78, 5) is 11.2. The van der Waals surface area contributed by atoms with Gasteiger partial charge in [0.15, 0.2) is 5.96 Å². The Kier molecular flexibility index (Phi) is 6.84. The molecule has 0 aliphatic rings. The normalized spacial score (nSPS) is 11.4. The van der Waals surface area contributed by atoms with Crippen molar-refractivity contribution < 1.29 is 4.74 Å². The van der Waals surface area contributed by atoms with E-state index in [0.29, 0.717) is 0 Å². The molecule has 27 heavy (non-hydrogen) atoms. The number of guanidine groups is 1. The molecule has 0 saturated carbocycles. The quantitative estimate of drug-likeness (QED) is 0.463. The molecule has 0 saturated heterocycles. The molecule has 0 aliphatic carbocycles. The predicted molar refractivity (Wildman–Crippen MR) is 115 cm³/mol. The van der Waals surface area contributed by atoms with E-state index >= 15 is 0 Å². The van der Waals surface area contributed by atoms with Gasteiger partial charge in [0.25, 0.3) is 0 Å². The van der Waals surface area contributed by atoms with Crippen molar-refractivity contribution in [1.29, 1.82) is 0 Å². The first-order valence-electron chi connectivity index (χ1n) is 8.75. The van der Waals surface area contributed by atoms with Gasteiger partial charge in [0.1, 0.15) is 5.75 Å². The monoisotopic (exact) mass is 400 g/mol. The molecule has 1 aromatic carbocycles. The lowest BCUT2D eigenvalue weighted by Gasteiger charge is -2.10. The van der Waals surface area contributed by atoms with Crippen LogP contribution in [0.15, 0.2) is 46.9 Å². The van der Waals surface area contributed by atoms with Gasteiger partial charge in [0, 0.05) is 36.0 Å². The van der Waals surface area contributed by atoms with Crippen LogP contribution in [0.25, 0.3) is 11.1 Å². The summed E-state index contributed by atoms with van der Waals surface area (Å²) in [5.41, 5.74) is 2.42. The maximum absolute atomic E-state index is 5.22. The van der Waals surface area contributed by atoms with Gasteiger partial charge < -0.3 is 15.4 Å². The molecule has 2 aromatic heterocycles. The molecule has 142 valence electrons. The number of thiazole rings is 1. The first-order valence-corrected chi connectivity index (χ1v) is 10.4. The van der Waals surface area contributed by atoms with Crippen molar-refractivity contribution in [2.24, 2.45) is 4.99 Å². The zero-order chi connectivity index (χ0) is 19.1. The fraction of sp³-hybridized carbons (Fsp3) is 0.300. The van der Waals surface area contributed by atoms with Crippen LogP contribution in [0.5, 0.6) is 5.75 Å². The second-order valence-corrected chi connectivity index (χ2v) is 8.31. The van der Waals surface area contributed by atoms with E-state index in [9.17, 15) is 0 Å². The standard InChI is InChI=1S/C20H24N4OS2/c1-14-11-23-19(27-14)8-9-22-20(21-2)24-12-18-10-16(13-26-18)15-4-6-17(25-3)7-5-15/h4-7,10-11,13H,8-9,12H2,1-3H3,(H2,21,22,24). The average molecular weight is 401 g/mol. The Morgan fingerprint density at radius 1 is 1.19 bits per heavy atom. The molecule has 0 unspecified atom stereocenters. The summed E-state index contributed by atoms with van der Waals surface area (Å²) in [5, 5.41) is 10.0. The highest BCUT2D eigenvalue weighted by Crippen LogP contribution is 2.27. The Balaban J connectivity index is 1.48. The molecule has 7 heteroatoms. The minimum absolute atomic E-state index is 0.747. The number of aliphatic imine (C=N–C) groups is 1. The Morgan fingerprint density at radius 3 is 2.67 bits per heavy atom. The number of methoxy groups -OCH3 is 1. The van der Waals surface area contributed by atoms with Gasteiger partial charge in [-0.05, 0) is 41.6 Å². The number of hydrogen-bond acceptors (Lipinski definition) is 5. The third-order valence-electron chi connectivity index (χ3n) is 4.03. The van der Waals surface area contributed by atoms with E-state index in [1.165, 1.54) is 20.9 Å². The number of ether oxygens (including phenoxy) is 1. The Labute approximate surface area is 168 Å².